The molecule has 3 heteroatoms. The average Bonchev–Trinajstić information content (AvgIpc) is 2.61. The molecule has 0 bridgehead atoms. The van der Waals surface area contributed by atoms with Gasteiger partial charge in [-0.15, -0.1) is 0 Å². The molecular weight excluding hydrogens is 296 g/mol. The molecule has 0 unspecified atom stereocenters. The van der Waals surface area contributed by atoms with Crippen molar-refractivity contribution in [3.05, 3.63) is 35.0 Å². The number of rotatable bonds is 2. The Kier molecular flexibility index (Phi) is 4.26. The summed E-state index contributed by atoms with van der Waals surface area (Å²) in [5.74, 6) is 0.683. The minimum absolute atomic E-state index is 0.0124. The van der Waals surface area contributed by atoms with Gasteiger partial charge in [0.15, 0.2) is 0 Å². The van der Waals surface area contributed by atoms with Crippen LogP contribution in [0.2, 0.25) is 0 Å². The van der Waals surface area contributed by atoms with Crippen molar-refractivity contribution >= 4 is 22.5 Å². The minimum atomic E-state index is 0.0124. The number of benzene rings is 1. The van der Waals surface area contributed by atoms with Crippen LogP contribution >= 0.6 is 0 Å². The third kappa shape index (κ3) is 2.92. The fourth-order valence-corrected chi connectivity index (χ4v) is 4.45. The van der Waals surface area contributed by atoms with E-state index in [2.05, 4.69) is 23.5 Å². The van der Waals surface area contributed by atoms with Gasteiger partial charge in [-0.3, -0.25) is 9.78 Å². The van der Waals surface area contributed by atoms with Crippen LogP contribution in [-0.2, 0) is 17.6 Å². The molecule has 1 saturated carbocycles. The van der Waals surface area contributed by atoms with Crippen molar-refractivity contribution in [2.75, 3.05) is 5.32 Å². The van der Waals surface area contributed by atoms with Gasteiger partial charge in [0.1, 0.15) is 0 Å². The first kappa shape index (κ1) is 15.6. The molecule has 1 amide bonds. The molecule has 24 heavy (non-hydrogen) atoms. The Morgan fingerprint density at radius 2 is 1.88 bits per heavy atom. The van der Waals surface area contributed by atoms with Crippen LogP contribution in [0.3, 0.4) is 0 Å². The quantitative estimate of drug-likeness (QED) is 0.834. The number of aryl methyl sites for hydroxylation is 1. The zero-order chi connectivity index (χ0) is 16.5. The number of carbonyl (C=O) groups is 1. The Labute approximate surface area is 143 Å². The lowest BCUT2D eigenvalue weighted by Gasteiger charge is -2.24. The van der Waals surface area contributed by atoms with Gasteiger partial charge in [0.25, 0.3) is 0 Å². The van der Waals surface area contributed by atoms with Gasteiger partial charge in [-0.05, 0) is 67.7 Å². The normalized spacial score (nSPS) is 18.4. The molecule has 0 radical (unpaired) electrons. The fourth-order valence-electron chi connectivity index (χ4n) is 4.45. The van der Waals surface area contributed by atoms with Gasteiger partial charge in [-0.25, -0.2) is 0 Å². The van der Waals surface area contributed by atoms with E-state index < -0.39 is 0 Å². The summed E-state index contributed by atoms with van der Waals surface area (Å²) < 4.78 is 0. The molecule has 0 atom stereocenters. The fraction of sp³-hybridized carbons (Fsp3) is 0.524. The van der Waals surface area contributed by atoms with E-state index in [0.29, 0.717) is 5.92 Å². The first-order valence-corrected chi connectivity index (χ1v) is 9.45. The monoisotopic (exact) mass is 322 g/mol. The van der Waals surface area contributed by atoms with Crippen LogP contribution in [0.4, 0.5) is 5.69 Å². The molecule has 1 heterocycles. The van der Waals surface area contributed by atoms with Crippen LogP contribution in [0.15, 0.2) is 18.2 Å². The first-order chi connectivity index (χ1) is 11.7. The van der Waals surface area contributed by atoms with Crippen molar-refractivity contribution in [3.8, 4) is 0 Å². The molecule has 0 aliphatic heterocycles. The summed E-state index contributed by atoms with van der Waals surface area (Å²) in [5.41, 5.74) is 5.93. The highest BCUT2D eigenvalue weighted by atomic mass is 16.1. The molecule has 3 nitrogen and oxygen atoms in total. The van der Waals surface area contributed by atoms with Crippen molar-refractivity contribution in [2.24, 2.45) is 0 Å². The number of anilines is 1. The molecule has 126 valence electrons. The Bertz CT molecular complexity index is 775. The number of fused-ring (bicyclic) bond motifs is 2. The van der Waals surface area contributed by atoms with Gasteiger partial charge in [-0.1, -0.05) is 25.3 Å². The summed E-state index contributed by atoms with van der Waals surface area (Å²) in [6, 6.07) is 6.73. The number of hydrogen-bond donors (Lipinski definition) is 1. The van der Waals surface area contributed by atoms with Gasteiger partial charge in [0.2, 0.25) is 5.91 Å². The second-order valence-corrected chi connectivity index (χ2v) is 7.41. The number of pyridine rings is 1. The lowest BCUT2D eigenvalue weighted by atomic mass is 9.83. The molecule has 4 rings (SSSR count). The molecule has 1 fully saturated rings. The third-order valence-corrected chi connectivity index (χ3v) is 5.66. The van der Waals surface area contributed by atoms with E-state index in [1.54, 1.807) is 6.92 Å². The smallest absolute Gasteiger partial charge is 0.221 e. The number of hydrogen-bond acceptors (Lipinski definition) is 2. The summed E-state index contributed by atoms with van der Waals surface area (Å²) in [7, 11) is 0. The van der Waals surface area contributed by atoms with E-state index in [4.69, 9.17) is 4.98 Å². The number of carbonyl (C=O) groups excluding carboxylic acids is 1. The zero-order valence-corrected chi connectivity index (χ0v) is 14.5. The predicted octanol–water partition coefficient (Wildman–Crippen LogP) is 5.12. The second-order valence-electron chi connectivity index (χ2n) is 7.41. The maximum Gasteiger partial charge on any atom is 0.221 e. The summed E-state index contributed by atoms with van der Waals surface area (Å²) in [6.45, 7) is 1.60. The molecule has 1 aromatic carbocycles. The Morgan fingerprint density at radius 1 is 1.08 bits per heavy atom. The van der Waals surface area contributed by atoms with E-state index in [9.17, 15) is 4.79 Å². The Morgan fingerprint density at radius 3 is 2.67 bits per heavy atom. The topological polar surface area (TPSA) is 42.0 Å². The van der Waals surface area contributed by atoms with Crippen LogP contribution < -0.4 is 5.32 Å². The van der Waals surface area contributed by atoms with Crippen LogP contribution in [-0.4, -0.2) is 10.9 Å². The summed E-state index contributed by atoms with van der Waals surface area (Å²) >= 11 is 0. The maximum atomic E-state index is 11.8. The number of nitrogens with one attached hydrogen (secondary N) is 1. The maximum absolute atomic E-state index is 11.8. The molecule has 0 saturated heterocycles. The second kappa shape index (κ2) is 6.54. The van der Waals surface area contributed by atoms with E-state index >= 15 is 0 Å². The van der Waals surface area contributed by atoms with Crippen LogP contribution in [0.25, 0.3) is 10.9 Å². The van der Waals surface area contributed by atoms with Crippen molar-refractivity contribution < 1.29 is 4.79 Å². The summed E-state index contributed by atoms with van der Waals surface area (Å²) in [5, 5.41) is 4.26. The van der Waals surface area contributed by atoms with Crippen molar-refractivity contribution in [3.63, 3.8) is 0 Å². The summed E-state index contributed by atoms with van der Waals surface area (Å²) in [4.78, 5) is 16.7. The number of amides is 1. The van der Waals surface area contributed by atoms with Crippen molar-refractivity contribution in [2.45, 2.75) is 70.6 Å². The molecule has 0 spiro atoms. The van der Waals surface area contributed by atoms with Gasteiger partial charge in [0, 0.05) is 18.0 Å². The molecule has 2 aliphatic rings. The Balaban J connectivity index is 1.85. The molecule has 1 N–H and O–H groups in total. The van der Waals surface area contributed by atoms with Crippen LogP contribution in [0.1, 0.15) is 74.6 Å². The molecular formula is C21H26N2O. The highest BCUT2D eigenvalue weighted by Gasteiger charge is 2.21. The first-order valence-electron chi connectivity index (χ1n) is 9.45. The van der Waals surface area contributed by atoms with E-state index in [1.165, 1.54) is 61.8 Å². The van der Waals surface area contributed by atoms with Crippen molar-refractivity contribution in [1.29, 1.82) is 0 Å². The van der Waals surface area contributed by atoms with Crippen molar-refractivity contribution in [1.82, 2.24) is 4.98 Å². The largest absolute Gasteiger partial charge is 0.325 e. The zero-order valence-electron chi connectivity index (χ0n) is 14.5. The van der Waals surface area contributed by atoms with Gasteiger partial charge in [0.05, 0.1) is 11.2 Å². The van der Waals surface area contributed by atoms with E-state index in [1.807, 2.05) is 0 Å². The standard InChI is InChI=1S/C21H26N2O/c1-14(24)22-21-17-9-5-6-10-19(17)23-20-12-11-16(13-18(20)21)15-7-3-2-4-8-15/h11-13,15H,2-10H2,1H3,(H,22,23,24). The highest BCUT2D eigenvalue weighted by molar-refractivity contribution is 6.02. The SMILES string of the molecule is CC(=O)Nc1c2c(nc3ccc(C4CCCCC4)cc13)CCCC2. The third-order valence-electron chi connectivity index (χ3n) is 5.66. The minimum Gasteiger partial charge on any atom is -0.325 e. The van der Waals surface area contributed by atoms with Gasteiger partial charge in [-0.2, -0.15) is 0 Å². The molecule has 1 aromatic heterocycles. The predicted molar refractivity (Wildman–Crippen MR) is 98.5 cm³/mol. The molecule has 2 aromatic rings. The summed E-state index contributed by atoms with van der Waals surface area (Å²) in [6.07, 6.45) is 11.1. The lowest BCUT2D eigenvalue weighted by Crippen LogP contribution is -2.14. The number of aromatic nitrogens is 1. The number of nitrogens with zero attached hydrogens (tertiary/aromatic N) is 1. The van der Waals surface area contributed by atoms with E-state index in [-0.39, 0.29) is 5.91 Å². The van der Waals surface area contributed by atoms with Crippen LogP contribution in [0.5, 0.6) is 0 Å². The average molecular weight is 322 g/mol. The van der Waals surface area contributed by atoms with Gasteiger partial charge < -0.3 is 5.32 Å². The highest BCUT2D eigenvalue weighted by Crippen LogP contribution is 2.38. The van der Waals surface area contributed by atoms with Gasteiger partial charge >= 0.3 is 0 Å². The van der Waals surface area contributed by atoms with Crippen LogP contribution in [0, 0.1) is 0 Å². The lowest BCUT2D eigenvalue weighted by molar-refractivity contribution is -0.114. The van der Waals surface area contributed by atoms with E-state index in [0.717, 1.165) is 29.4 Å². The Hall–Kier alpha value is -1.90. The molecule has 2 aliphatic carbocycles.